The quantitative estimate of drug-likeness (QED) is 0.219. The van der Waals surface area contributed by atoms with Crippen LogP contribution < -0.4 is 5.32 Å². The molecule has 1 amide bonds. The highest BCUT2D eigenvalue weighted by Crippen LogP contribution is 2.32. The van der Waals surface area contributed by atoms with Crippen molar-refractivity contribution in [2.75, 3.05) is 20.3 Å². The lowest BCUT2D eigenvalue weighted by molar-refractivity contribution is -0.120. The number of carbonyl (C=O) groups excluding carboxylic acids is 1. The Morgan fingerprint density at radius 1 is 1.23 bits per heavy atom. The Hall–Kier alpha value is -2.16. The minimum absolute atomic E-state index is 0.0221. The fourth-order valence-electron chi connectivity index (χ4n) is 3.41. The predicted molar refractivity (Wildman–Crippen MR) is 125 cm³/mol. The number of hydrogen-bond donors (Lipinski definition) is 1. The van der Waals surface area contributed by atoms with Crippen LogP contribution >= 0.6 is 27.7 Å². The summed E-state index contributed by atoms with van der Waals surface area (Å²) in [6, 6.07) is 14.0. The maximum Gasteiger partial charge on any atom is 0.233 e. The topological polar surface area (TPSA) is 68.5 Å². The molecule has 2 aromatic heterocycles. The van der Waals surface area contributed by atoms with Gasteiger partial charge in [-0.2, -0.15) is 0 Å². The summed E-state index contributed by atoms with van der Waals surface area (Å²) in [6.07, 6.45) is 1.50. The van der Waals surface area contributed by atoms with Gasteiger partial charge in [-0.15, -0.1) is 0 Å². The summed E-state index contributed by atoms with van der Waals surface area (Å²) in [6.45, 7) is 3.26. The van der Waals surface area contributed by atoms with Crippen molar-refractivity contribution in [1.29, 1.82) is 0 Å². The minimum Gasteiger partial charge on any atom is -0.385 e. The third kappa shape index (κ3) is 4.17. The van der Waals surface area contributed by atoms with E-state index in [1.807, 2.05) is 49.4 Å². The average Bonchev–Trinajstić information content (AvgIpc) is 3.15. The van der Waals surface area contributed by atoms with Crippen molar-refractivity contribution in [3.05, 3.63) is 46.9 Å². The number of imidazole rings is 1. The molecule has 0 unspecified atom stereocenters. The number of para-hydroxylation sites is 2. The second-order valence-electron chi connectivity index (χ2n) is 6.97. The molecular formula is C22H23BrN4O2S. The number of carbonyl (C=O) groups is 1. The fourth-order valence-corrected chi connectivity index (χ4v) is 4.82. The molecule has 4 aromatic rings. The normalized spacial score (nSPS) is 12.6. The molecule has 0 aliphatic rings. The van der Waals surface area contributed by atoms with Gasteiger partial charge < -0.3 is 10.1 Å². The average molecular weight is 487 g/mol. The van der Waals surface area contributed by atoms with Crippen molar-refractivity contribution >= 4 is 61.2 Å². The zero-order valence-corrected chi connectivity index (χ0v) is 19.3. The van der Waals surface area contributed by atoms with Crippen LogP contribution in [-0.4, -0.2) is 45.8 Å². The molecule has 0 spiro atoms. The number of halogens is 1. The van der Waals surface area contributed by atoms with Gasteiger partial charge in [0.2, 0.25) is 5.91 Å². The van der Waals surface area contributed by atoms with Crippen molar-refractivity contribution in [3.8, 4) is 0 Å². The van der Waals surface area contributed by atoms with Crippen LogP contribution in [-0.2, 0) is 9.53 Å². The zero-order chi connectivity index (χ0) is 21.1. The largest absolute Gasteiger partial charge is 0.385 e. The van der Waals surface area contributed by atoms with Crippen LogP contribution in [0.4, 0.5) is 0 Å². The Morgan fingerprint density at radius 3 is 2.87 bits per heavy atom. The second kappa shape index (κ2) is 9.32. The maximum atomic E-state index is 12.8. The number of hydrogen-bond acceptors (Lipinski definition) is 5. The molecule has 0 saturated heterocycles. The first kappa shape index (κ1) is 21.1. The van der Waals surface area contributed by atoms with Crippen molar-refractivity contribution < 1.29 is 9.53 Å². The van der Waals surface area contributed by atoms with Gasteiger partial charge in [0.25, 0.3) is 0 Å². The van der Waals surface area contributed by atoms with Crippen LogP contribution in [0.15, 0.2) is 52.1 Å². The van der Waals surface area contributed by atoms with Gasteiger partial charge in [0, 0.05) is 30.1 Å². The lowest BCUT2D eigenvalue weighted by Gasteiger charge is -2.16. The van der Waals surface area contributed by atoms with Crippen molar-refractivity contribution in [2.24, 2.45) is 0 Å². The van der Waals surface area contributed by atoms with Crippen LogP contribution in [0.3, 0.4) is 0 Å². The molecule has 30 heavy (non-hydrogen) atoms. The highest BCUT2D eigenvalue weighted by Gasteiger charge is 2.22. The number of rotatable bonds is 8. The lowest BCUT2D eigenvalue weighted by atomic mass is 10.2. The molecule has 0 aliphatic heterocycles. The standard InChI is InChI=1S/C22H23BrN4O2S/c1-3-19(21(28)24-11-6-12-29-2)30-22-26-16-10-9-14(23)13-15(16)20-25-17-7-4-5-8-18(17)27(20)22/h4-5,7-10,13,19H,3,6,11-12H2,1-2H3,(H,24,28)/t19-/m1/s1. The highest BCUT2D eigenvalue weighted by molar-refractivity contribution is 9.10. The van der Waals surface area contributed by atoms with E-state index >= 15 is 0 Å². The maximum absolute atomic E-state index is 12.8. The Morgan fingerprint density at radius 2 is 2.07 bits per heavy atom. The van der Waals surface area contributed by atoms with Crippen LogP contribution in [0, 0.1) is 0 Å². The number of amides is 1. The summed E-state index contributed by atoms with van der Waals surface area (Å²) in [5.74, 6) is 0.0221. The van der Waals surface area contributed by atoms with Crippen LogP contribution in [0.25, 0.3) is 27.6 Å². The smallest absolute Gasteiger partial charge is 0.233 e. The third-order valence-electron chi connectivity index (χ3n) is 4.90. The van der Waals surface area contributed by atoms with E-state index in [1.165, 1.54) is 11.8 Å². The van der Waals surface area contributed by atoms with Crippen molar-refractivity contribution in [3.63, 3.8) is 0 Å². The van der Waals surface area contributed by atoms with Gasteiger partial charge in [-0.25, -0.2) is 9.97 Å². The van der Waals surface area contributed by atoms with E-state index < -0.39 is 0 Å². The summed E-state index contributed by atoms with van der Waals surface area (Å²) in [7, 11) is 1.66. The molecule has 2 heterocycles. The second-order valence-corrected chi connectivity index (χ2v) is 9.05. The number of thioether (sulfide) groups is 1. The Labute approximate surface area is 187 Å². The summed E-state index contributed by atoms with van der Waals surface area (Å²) < 4.78 is 8.10. The van der Waals surface area contributed by atoms with E-state index in [4.69, 9.17) is 14.7 Å². The fraction of sp³-hybridized carbons (Fsp3) is 0.318. The highest BCUT2D eigenvalue weighted by atomic mass is 79.9. The molecule has 8 heteroatoms. The van der Waals surface area contributed by atoms with E-state index in [0.29, 0.717) is 19.6 Å². The molecule has 0 aliphatic carbocycles. The van der Waals surface area contributed by atoms with Gasteiger partial charge in [0.15, 0.2) is 5.16 Å². The molecule has 0 radical (unpaired) electrons. The van der Waals surface area contributed by atoms with Crippen molar-refractivity contribution in [2.45, 2.75) is 30.2 Å². The monoisotopic (exact) mass is 486 g/mol. The number of methoxy groups -OCH3 is 1. The predicted octanol–water partition coefficient (Wildman–Crippen LogP) is 4.82. The summed E-state index contributed by atoms with van der Waals surface area (Å²) in [5.41, 5.74) is 3.60. The Balaban J connectivity index is 1.77. The number of ether oxygens (including phenoxy) is 1. The number of fused-ring (bicyclic) bond motifs is 5. The first-order valence-corrected chi connectivity index (χ1v) is 11.6. The van der Waals surface area contributed by atoms with E-state index in [2.05, 4.69) is 25.6 Å². The van der Waals surface area contributed by atoms with Gasteiger partial charge in [-0.05, 0) is 43.2 Å². The number of nitrogens with one attached hydrogen (secondary N) is 1. The van der Waals surface area contributed by atoms with Gasteiger partial charge in [-0.3, -0.25) is 9.20 Å². The lowest BCUT2D eigenvalue weighted by Crippen LogP contribution is -2.33. The molecule has 0 saturated carbocycles. The molecule has 1 atom stereocenters. The van der Waals surface area contributed by atoms with E-state index in [-0.39, 0.29) is 11.2 Å². The van der Waals surface area contributed by atoms with Gasteiger partial charge in [0.1, 0.15) is 5.65 Å². The summed E-state index contributed by atoms with van der Waals surface area (Å²) >= 11 is 5.04. The van der Waals surface area contributed by atoms with Crippen LogP contribution in [0.1, 0.15) is 19.8 Å². The molecule has 4 rings (SSSR count). The SMILES string of the molecule is CC[C@@H](Sc1nc2ccc(Br)cc2c2nc3ccccc3n12)C(=O)NCCCOC. The number of benzene rings is 2. The zero-order valence-electron chi connectivity index (χ0n) is 16.9. The van der Waals surface area contributed by atoms with E-state index in [0.717, 1.165) is 43.6 Å². The van der Waals surface area contributed by atoms with Crippen LogP contribution in [0.2, 0.25) is 0 Å². The van der Waals surface area contributed by atoms with Crippen molar-refractivity contribution in [1.82, 2.24) is 19.7 Å². The molecular weight excluding hydrogens is 464 g/mol. The number of nitrogens with zero attached hydrogens (tertiary/aromatic N) is 3. The summed E-state index contributed by atoms with van der Waals surface area (Å²) in [4.78, 5) is 22.5. The third-order valence-corrected chi connectivity index (χ3v) is 6.71. The van der Waals surface area contributed by atoms with Crippen LogP contribution in [0.5, 0.6) is 0 Å². The van der Waals surface area contributed by atoms with E-state index in [9.17, 15) is 4.79 Å². The van der Waals surface area contributed by atoms with Gasteiger partial charge >= 0.3 is 0 Å². The Kier molecular flexibility index (Phi) is 6.55. The minimum atomic E-state index is -0.239. The molecule has 0 bridgehead atoms. The Bertz CT molecular complexity index is 1210. The number of aromatic nitrogens is 3. The van der Waals surface area contributed by atoms with E-state index in [1.54, 1.807) is 7.11 Å². The first-order valence-electron chi connectivity index (χ1n) is 9.92. The van der Waals surface area contributed by atoms with Gasteiger partial charge in [0.05, 0.1) is 21.8 Å². The molecule has 2 aromatic carbocycles. The first-order chi connectivity index (χ1) is 14.6. The van der Waals surface area contributed by atoms with Gasteiger partial charge in [-0.1, -0.05) is 46.7 Å². The molecule has 0 fully saturated rings. The molecule has 156 valence electrons. The molecule has 6 nitrogen and oxygen atoms in total. The molecule has 1 N–H and O–H groups in total. The summed E-state index contributed by atoms with van der Waals surface area (Å²) in [5, 5.41) is 4.52.